The molecule has 2 fully saturated rings. The van der Waals surface area contributed by atoms with E-state index >= 15 is 0 Å². The zero-order chi connectivity index (χ0) is 29.9. The third-order valence-corrected chi connectivity index (χ3v) is 9.56. The lowest BCUT2D eigenvalue weighted by atomic mass is 9.93. The third-order valence-electron chi connectivity index (χ3n) is 9.56. The predicted molar refractivity (Wildman–Crippen MR) is 173 cm³/mol. The van der Waals surface area contributed by atoms with Gasteiger partial charge in [-0.1, -0.05) is 45.0 Å². The first-order valence-electron chi connectivity index (χ1n) is 16.2. The minimum Gasteiger partial charge on any atom is -0.357 e. The van der Waals surface area contributed by atoms with E-state index in [0.717, 1.165) is 86.0 Å². The van der Waals surface area contributed by atoms with E-state index in [-0.39, 0.29) is 18.1 Å². The predicted octanol–water partition coefficient (Wildman–Crippen LogP) is 7.02. The first-order chi connectivity index (χ1) is 20.9. The Bertz CT molecular complexity index is 1590. The molecule has 4 heterocycles. The molecule has 2 aliphatic rings. The van der Waals surface area contributed by atoms with Crippen LogP contribution in [0.3, 0.4) is 0 Å². The molecule has 3 atom stereocenters. The Morgan fingerprint density at radius 2 is 1.60 bits per heavy atom. The zero-order valence-electron chi connectivity index (χ0n) is 25.8. The highest BCUT2D eigenvalue weighted by molar-refractivity contribution is 5.82. The summed E-state index contributed by atoms with van der Waals surface area (Å²) in [5.41, 5.74) is 6.90. The summed E-state index contributed by atoms with van der Waals surface area (Å²) in [5, 5.41) is 8.57. The van der Waals surface area contributed by atoms with Crippen LogP contribution in [0.4, 0.5) is 9.59 Å². The minimum absolute atomic E-state index is 0.0234. The molecule has 2 aromatic carbocycles. The number of benzene rings is 2. The van der Waals surface area contributed by atoms with Crippen LogP contribution in [0.1, 0.15) is 81.3 Å². The van der Waals surface area contributed by atoms with E-state index in [9.17, 15) is 9.59 Å². The number of amides is 4. The molecule has 8 nitrogen and oxygen atoms in total. The number of hydrogen-bond donors (Lipinski definition) is 4. The Hall–Kier alpha value is -3.94. The maximum atomic E-state index is 13.2. The monoisotopic (exact) mass is 582 g/mol. The van der Waals surface area contributed by atoms with Crippen molar-refractivity contribution in [1.29, 1.82) is 0 Å². The number of urea groups is 2. The summed E-state index contributed by atoms with van der Waals surface area (Å²) in [5.74, 6) is 0.969. The van der Waals surface area contributed by atoms with E-state index in [1.165, 1.54) is 16.5 Å². The van der Waals surface area contributed by atoms with Crippen LogP contribution in [0.2, 0.25) is 0 Å². The molecular weight excluding hydrogens is 536 g/mol. The van der Waals surface area contributed by atoms with Gasteiger partial charge in [0.1, 0.15) is 0 Å². The molecule has 4 aromatic rings. The number of aromatic amines is 2. The van der Waals surface area contributed by atoms with Gasteiger partial charge in [0.15, 0.2) is 0 Å². The van der Waals surface area contributed by atoms with Crippen molar-refractivity contribution in [3.8, 4) is 0 Å². The number of aryl methyl sites for hydroxylation is 1. The molecule has 8 heteroatoms. The molecule has 0 bridgehead atoms. The molecule has 0 spiro atoms. The smallest absolute Gasteiger partial charge is 0.317 e. The first-order valence-corrected chi connectivity index (χ1v) is 16.2. The van der Waals surface area contributed by atoms with Crippen molar-refractivity contribution in [2.24, 2.45) is 5.92 Å². The number of H-pyrrole nitrogens is 2. The Kier molecular flexibility index (Phi) is 8.63. The van der Waals surface area contributed by atoms with E-state index in [2.05, 4.69) is 89.9 Å². The summed E-state index contributed by atoms with van der Waals surface area (Å²) < 4.78 is 0. The van der Waals surface area contributed by atoms with Crippen LogP contribution in [0.15, 0.2) is 48.5 Å². The second-order valence-corrected chi connectivity index (χ2v) is 12.8. The zero-order valence-corrected chi connectivity index (χ0v) is 25.8. The van der Waals surface area contributed by atoms with Crippen LogP contribution < -0.4 is 10.6 Å². The van der Waals surface area contributed by atoms with Gasteiger partial charge in [-0.25, -0.2) is 9.59 Å². The topological polar surface area (TPSA) is 96.3 Å². The van der Waals surface area contributed by atoms with Gasteiger partial charge >= 0.3 is 12.1 Å². The molecule has 2 aliphatic heterocycles. The van der Waals surface area contributed by atoms with Crippen LogP contribution >= 0.6 is 0 Å². The molecular formula is C35H46N6O2. The number of hydrogen-bond acceptors (Lipinski definition) is 2. The van der Waals surface area contributed by atoms with Gasteiger partial charge in [0.25, 0.3) is 0 Å². The third kappa shape index (κ3) is 6.68. The lowest BCUT2D eigenvalue weighted by molar-refractivity contribution is 0.188. The normalized spacial score (nSPS) is 19.4. The summed E-state index contributed by atoms with van der Waals surface area (Å²) in [6, 6.07) is 17.8. The molecule has 2 unspecified atom stereocenters. The average molecular weight is 583 g/mol. The summed E-state index contributed by atoms with van der Waals surface area (Å²) in [7, 11) is 0. The molecule has 0 radical (unpaired) electrons. The lowest BCUT2D eigenvalue weighted by Crippen LogP contribution is -2.42. The SMILES string of the molecule is CCc1ccc2cc(CNC(=O)N3CCCC3CC[C@@H](C)c3ccc4cc(CNC(=O)N5CCC(C)C5)[nH]c4c3)[nH]c2c1. The molecule has 0 saturated carbocycles. The van der Waals surface area contributed by atoms with Gasteiger partial charge in [0.2, 0.25) is 0 Å². The highest BCUT2D eigenvalue weighted by Crippen LogP contribution is 2.29. The molecule has 6 rings (SSSR count). The molecule has 4 amide bonds. The maximum absolute atomic E-state index is 13.2. The van der Waals surface area contributed by atoms with Gasteiger partial charge in [0.05, 0.1) is 13.1 Å². The average Bonchev–Trinajstić information content (AvgIpc) is 3.82. The highest BCUT2D eigenvalue weighted by atomic mass is 16.2. The highest BCUT2D eigenvalue weighted by Gasteiger charge is 2.29. The quantitative estimate of drug-likeness (QED) is 0.171. The van der Waals surface area contributed by atoms with Crippen molar-refractivity contribution < 1.29 is 9.59 Å². The molecule has 2 aromatic heterocycles. The number of nitrogens with zero attached hydrogens (tertiary/aromatic N) is 2. The van der Waals surface area contributed by atoms with Crippen LogP contribution in [-0.2, 0) is 19.5 Å². The number of likely N-dealkylation sites (tertiary alicyclic amines) is 2. The Morgan fingerprint density at radius 3 is 2.30 bits per heavy atom. The van der Waals surface area contributed by atoms with E-state index < -0.39 is 0 Å². The second-order valence-electron chi connectivity index (χ2n) is 12.8. The first kappa shape index (κ1) is 29.1. The number of aromatic nitrogens is 2. The molecule has 228 valence electrons. The maximum Gasteiger partial charge on any atom is 0.317 e. The molecule has 43 heavy (non-hydrogen) atoms. The fourth-order valence-corrected chi connectivity index (χ4v) is 6.84. The Morgan fingerprint density at radius 1 is 0.907 bits per heavy atom. The van der Waals surface area contributed by atoms with Gasteiger partial charge < -0.3 is 30.4 Å². The Labute approximate surface area is 254 Å². The van der Waals surface area contributed by atoms with Crippen LogP contribution in [0.25, 0.3) is 21.8 Å². The minimum atomic E-state index is 0.0234. The van der Waals surface area contributed by atoms with Crippen molar-refractivity contribution >= 4 is 33.9 Å². The van der Waals surface area contributed by atoms with Gasteiger partial charge in [-0.2, -0.15) is 0 Å². The van der Waals surface area contributed by atoms with Gasteiger partial charge in [0, 0.05) is 48.1 Å². The second kappa shape index (κ2) is 12.7. The van der Waals surface area contributed by atoms with Crippen LogP contribution in [-0.4, -0.2) is 57.5 Å². The van der Waals surface area contributed by atoms with Crippen molar-refractivity contribution in [2.45, 2.75) is 84.3 Å². The van der Waals surface area contributed by atoms with E-state index in [4.69, 9.17) is 0 Å². The number of carbonyl (C=O) groups is 2. The summed E-state index contributed by atoms with van der Waals surface area (Å²) >= 11 is 0. The largest absolute Gasteiger partial charge is 0.357 e. The fraction of sp³-hybridized carbons (Fsp3) is 0.486. The lowest BCUT2D eigenvalue weighted by Gasteiger charge is -2.26. The van der Waals surface area contributed by atoms with Crippen molar-refractivity contribution in [3.05, 3.63) is 71.0 Å². The van der Waals surface area contributed by atoms with E-state index in [0.29, 0.717) is 24.9 Å². The molecule has 0 aliphatic carbocycles. The summed E-state index contributed by atoms with van der Waals surface area (Å²) in [6.45, 7) is 10.1. The molecule has 2 saturated heterocycles. The van der Waals surface area contributed by atoms with Crippen LogP contribution in [0.5, 0.6) is 0 Å². The number of carbonyl (C=O) groups excluding carboxylic acids is 2. The summed E-state index contributed by atoms with van der Waals surface area (Å²) in [6.07, 6.45) is 6.24. The van der Waals surface area contributed by atoms with E-state index in [1.807, 2.05) is 9.80 Å². The number of fused-ring (bicyclic) bond motifs is 2. The van der Waals surface area contributed by atoms with Gasteiger partial charge in [-0.3, -0.25) is 0 Å². The Balaban J connectivity index is 0.997. The van der Waals surface area contributed by atoms with Crippen molar-refractivity contribution in [2.75, 3.05) is 19.6 Å². The summed E-state index contributed by atoms with van der Waals surface area (Å²) in [4.78, 5) is 36.6. The number of rotatable bonds is 9. The van der Waals surface area contributed by atoms with Crippen molar-refractivity contribution in [3.63, 3.8) is 0 Å². The standard InChI is InChI=1S/C35H46N6O2/c1-4-25-8-9-27-17-30(38-32(27)16-25)21-37-35(43)41-14-5-6-31(41)12-7-24(3)26-10-11-28-18-29(39-33(28)19-26)20-36-34(42)40-15-13-23(2)22-40/h8-11,16-19,23-24,31,38-39H,4-7,12-15,20-22H2,1-3H3,(H,36,42)(H,37,43)/t23?,24-,31?/m1/s1. The number of nitrogens with one attached hydrogen (secondary N) is 4. The fourth-order valence-electron chi connectivity index (χ4n) is 6.84. The van der Waals surface area contributed by atoms with E-state index in [1.54, 1.807) is 0 Å². The van der Waals surface area contributed by atoms with Crippen LogP contribution in [0, 0.1) is 5.92 Å². The van der Waals surface area contributed by atoms with Gasteiger partial charge in [-0.05, 0) is 96.5 Å². The molecule has 4 N–H and O–H groups in total. The van der Waals surface area contributed by atoms with Gasteiger partial charge in [-0.15, -0.1) is 0 Å². The van der Waals surface area contributed by atoms with Crippen molar-refractivity contribution in [1.82, 2.24) is 30.4 Å².